The van der Waals surface area contributed by atoms with Crippen molar-refractivity contribution in [3.05, 3.63) is 59.9 Å². The highest BCUT2D eigenvalue weighted by atomic mass is 31.2. The first-order chi connectivity index (χ1) is 22.6. The number of halogens is 3. The number of nitrogens with one attached hydrogen (secondary N) is 1. The van der Waals surface area contributed by atoms with E-state index < -0.39 is 43.1 Å². The number of hydrogen-bond donors (Lipinski definition) is 2. The Morgan fingerprint density at radius 3 is 2.38 bits per heavy atom. The number of aromatic nitrogens is 3. The Hall–Kier alpha value is -3.71. The number of carbonyl (C=O) groups excluding carboxylic acids is 1. The van der Waals surface area contributed by atoms with Gasteiger partial charge in [-0.05, 0) is 71.4 Å². The van der Waals surface area contributed by atoms with Crippen LogP contribution in [0.25, 0.3) is 21.9 Å². The zero-order chi connectivity index (χ0) is 35.3. The lowest BCUT2D eigenvalue weighted by Crippen LogP contribution is -2.40. The number of esters is 1. The number of nitrogens with two attached hydrogens (primary N) is 1. The second kappa shape index (κ2) is 15.2. The fourth-order valence-corrected chi connectivity index (χ4v) is 6.91. The number of pyridine rings is 1. The Balaban J connectivity index is 1.81. The number of alkyl halides is 3. The molecular weight excluding hydrogens is 650 g/mol. The molecule has 0 fully saturated rings. The monoisotopic (exact) mass is 693 g/mol. The molecule has 0 radical (unpaired) electrons. The van der Waals surface area contributed by atoms with Crippen molar-refractivity contribution in [3.63, 3.8) is 0 Å². The van der Waals surface area contributed by atoms with E-state index in [2.05, 4.69) is 10.1 Å². The molecule has 3 atom stereocenters. The smallest absolute Gasteiger partial charge is 0.459 e. The quantitative estimate of drug-likeness (QED) is 0.0884. The van der Waals surface area contributed by atoms with Gasteiger partial charge in [0.1, 0.15) is 29.7 Å². The molecule has 0 aliphatic carbocycles. The summed E-state index contributed by atoms with van der Waals surface area (Å²) in [6, 6.07) is 10.0. The molecule has 2 aromatic carbocycles. The zero-order valence-electron chi connectivity index (χ0n) is 28.0. The number of ether oxygens (including phenoxy) is 2. The maximum Gasteiger partial charge on any atom is 0.459 e. The fourth-order valence-electron chi connectivity index (χ4n) is 5.31. The standard InChI is InChI=1S/C33H43F3N5O6P/c1-7-9-18-32(6,41-27(19-44-8-2)39-28-29(41)25-12-10-11-13-26(25)38-30(28)37)20-45-48(43,40-22(5)31(42)46-21(3)4)47-24-16-14-23(15-17-24)33(34,35)36/h10-17,21-22H,7-9,18-20H2,1-6H3,(H2,37,38)(H,40,43)/t22-,32+,48-/m0/s1. The van der Waals surface area contributed by atoms with Gasteiger partial charge in [0.05, 0.1) is 34.8 Å². The fraction of sp³-hybridized carbons (Fsp3) is 0.485. The van der Waals surface area contributed by atoms with Crippen molar-refractivity contribution in [2.24, 2.45) is 0 Å². The van der Waals surface area contributed by atoms with Gasteiger partial charge in [0.15, 0.2) is 5.82 Å². The Labute approximate surface area is 277 Å². The number of imidazole rings is 1. The van der Waals surface area contributed by atoms with E-state index in [0.29, 0.717) is 35.4 Å². The van der Waals surface area contributed by atoms with Crippen LogP contribution in [0.4, 0.5) is 19.0 Å². The number of unbranched alkanes of at least 4 members (excludes halogenated alkanes) is 1. The van der Waals surface area contributed by atoms with Crippen LogP contribution in [0, 0.1) is 0 Å². The highest BCUT2D eigenvalue weighted by Gasteiger charge is 2.39. The number of rotatable bonds is 16. The Kier molecular flexibility index (Phi) is 11.8. The van der Waals surface area contributed by atoms with Crippen LogP contribution in [0.15, 0.2) is 48.5 Å². The number of anilines is 1. The SMILES string of the molecule is CCCC[C@](C)(CO[P@@](=O)(N[C@@H](C)C(=O)OC(C)C)Oc1ccc(C(F)(F)F)cc1)n1c(COCC)nc2c(N)nc3ccccc3c21. The normalized spacial score (nSPS) is 15.4. The second-order valence-electron chi connectivity index (χ2n) is 12.0. The molecule has 0 saturated carbocycles. The number of carbonyl (C=O) groups is 1. The molecule has 15 heteroatoms. The molecule has 2 heterocycles. The Morgan fingerprint density at radius 2 is 1.75 bits per heavy atom. The molecule has 11 nitrogen and oxygen atoms in total. The lowest BCUT2D eigenvalue weighted by atomic mass is 9.94. The molecular formula is C33H43F3N5O6P. The molecule has 3 N–H and O–H groups in total. The molecule has 4 rings (SSSR count). The molecule has 0 aliphatic rings. The summed E-state index contributed by atoms with van der Waals surface area (Å²) in [4.78, 5) is 22.1. The maximum atomic E-state index is 14.5. The average Bonchev–Trinajstić information content (AvgIpc) is 3.42. The summed E-state index contributed by atoms with van der Waals surface area (Å²) in [5.41, 5.74) is 6.37. The van der Waals surface area contributed by atoms with Crippen LogP contribution >= 0.6 is 7.75 Å². The lowest BCUT2D eigenvalue weighted by Gasteiger charge is -2.35. The summed E-state index contributed by atoms with van der Waals surface area (Å²) in [5.74, 6) is -0.102. The topological polar surface area (TPSA) is 140 Å². The van der Waals surface area contributed by atoms with Crippen LogP contribution in [-0.2, 0) is 41.7 Å². The highest BCUT2D eigenvalue weighted by molar-refractivity contribution is 7.52. The third-order valence-corrected chi connectivity index (χ3v) is 9.27. The average molecular weight is 694 g/mol. The first kappa shape index (κ1) is 37.1. The number of nitrogens with zero attached hydrogens (tertiary/aromatic N) is 3. The van der Waals surface area contributed by atoms with Crippen LogP contribution < -0.4 is 15.3 Å². The van der Waals surface area contributed by atoms with Gasteiger partial charge >= 0.3 is 19.9 Å². The van der Waals surface area contributed by atoms with E-state index in [4.69, 9.17) is 29.2 Å². The number of hydrogen-bond acceptors (Lipinski definition) is 9. The van der Waals surface area contributed by atoms with Gasteiger partial charge in [-0.25, -0.2) is 14.5 Å². The molecule has 2 aromatic heterocycles. The van der Waals surface area contributed by atoms with E-state index in [0.717, 1.165) is 42.5 Å². The summed E-state index contributed by atoms with van der Waals surface area (Å²) < 4.78 is 79.2. The number of fused-ring (bicyclic) bond motifs is 3. The van der Waals surface area contributed by atoms with Gasteiger partial charge in [0.25, 0.3) is 0 Å². The van der Waals surface area contributed by atoms with Crippen molar-refractivity contribution in [1.82, 2.24) is 19.6 Å². The highest BCUT2D eigenvalue weighted by Crippen LogP contribution is 2.48. The number of nitrogen functional groups attached to an aromatic ring is 1. The third kappa shape index (κ3) is 8.65. The molecule has 0 amide bonds. The predicted molar refractivity (Wildman–Crippen MR) is 177 cm³/mol. The van der Waals surface area contributed by atoms with Crippen LogP contribution in [-0.4, -0.2) is 45.9 Å². The third-order valence-electron chi connectivity index (χ3n) is 7.64. The molecule has 4 aromatic rings. The zero-order valence-corrected chi connectivity index (χ0v) is 28.9. The molecule has 0 spiro atoms. The van der Waals surface area contributed by atoms with E-state index >= 15 is 0 Å². The summed E-state index contributed by atoms with van der Waals surface area (Å²) in [7, 11) is -4.47. The van der Waals surface area contributed by atoms with E-state index in [1.807, 2.05) is 49.6 Å². The van der Waals surface area contributed by atoms with Crippen LogP contribution in [0.1, 0.15) is 72.2 Å². The minimum absolute atomic E-state index is 0.136. The van der Waals surface area contributed by atoms with Crippen molar-refractivity contribution in [3.8, 4) is 5.75 Å². The largest absolute Gasteiger partial charge is 0.462 e. The van der Waals surface area contributed by atoms with Crippen molar-refractivity contribution < 1.29 is 41.1 Å². The van der Waals surface area contributed by atoms with Crippen LogP contribution in [0.5, 0.6) is 5.75 Å². The maximum absolute atomic E-state index is 14.5. The van der Waals surface area contributed by atoms with Gasteiger partial charge in [-0.1, -0.05) is 38.0 Å². The van der Waals surface area contributed by atoms with Crippen LogP contribution in [0.3, 0.4) is 0 Å². The van der Waals surface area contributed by atoms with Gasteiger partial charge in [-0.3, -0.25) is 9.32 Å². The Morgan fingerprint density at radius 1 is 1.06 bits per heavy atom. The van der Waals surface area contributed by atoms with Crippen LogP contribution in [0.2, 0.25) is 0 Å². The van der Waals surface area contributed by atoms with Gasteiger partial charge in [0, 0.05) is 12.0 Å². The number of benzene rings is 2. The van der Waals surface area contributed by atoms with Crippen molar-refractivity contribution in [2.75, 3.05) is 18.9 Å². The van der Waals surface area contributed by atoms with Gasteiger partial charge in [-0.2, -0.15) is 18.3 Å². The summed E-state index contributed by atoms with van der Waals surface area (Å²) in [6.45, 7) is 10.9. The predicted octanol–water partition coefficient (Wildman–Crippen LogP) is 7.76. The minimum Gasteiger partial charge on any atom is -0.462 e. The molecule has 262 valence electrons. The minimum atomic E-state index is -4.58. The van der Waals surface area contributed by atoms with Crippen molar-refractivity contribution in [2.45, 2.75) is 91.3 Å². The summed E-state index contributed by atoms with van der Waals surface area (Å²) in [5, 5.41) is 3.41. The molecule has 48 heavy (non-hydrogen) atoms. The Bertz CT molecular complexity index is 1760. The molecule has 0 unspecified atom stereocenters. The second-order valence-corrected chi connectivity index (χ2v) is 13.7. The van der Waals surface area contributed by atoms with Gasteiger partial charge < -0.3 is 24.3 Å². The number of para-hydroxylation sites is 1. The first-order valence-electron chi connectivity index (χ1n) is 15.8. The van der Waals surface area contributed by atoms with Gasteiger partial charge in [-0.15, -0.1) is 0 Å². The van der Waals surface area contributed by atoms with Crippen molar-refractivity contribution in [1.29, 1.82) is 0 Å². The van der Waals surface area contributed by atoms with Crippen molar-refractivity contribution >= 4 is 41.5 Å². The van der Waals surface area contributed by atoms with Gasteiger partial charge in [0.2, 0.25) is 0 Å². The summed E-state index contributed by atoms with van der Waals surface area (Å²) >= 11 is 0. The van der Waals surface area contributed by atoms with E-state index in [1.165, 1.54) is 6.92 Å². The molecule has 0 saturated heterocycles. The lowest BCUT2D eigenvalue weighted by molar-refractivity contribution is -0.149. The molecule has 0 aliphatic heterocycles. The first-order valence-corrected chi connectivity index (χ1v) is 17.4. The van der Waals surface area contributed by atoms with E-state index in [1.54, 1.807) is 13.8 Å². The molecule has 0 bridgehead atoms. The summed E-state index contributed by atoms with van der Waals surface area (Å²) in [6.07, 6.45) is -2.95. The van der Waals surface area contributed by atoms with E-state index in [-0.39, 0.29) is 24.8 Å². The van der Waals surface area contributed by atoms with E-state index in [9.17, 15) is 22.5 Å².